The molecule has 1 N–H and O–H groups in total. The molecule has 0 aliphatic carbocycles. The molecule has 1 aromatic carbocycles. The molecule has 0 aliphatic rings. The zero-order valence-corrected chi connectivity index (χ0v) is 9.66. The highest BCUT2D eigenvalue weighted by molar-refractivity contribution is 5.43. The summed E-state index contributed by atoms with van der Waals surface area (Å²) in [6.45, 7) is 1.50. The number of nitrogens with zero attached hydrogens (tertiary/aromatic N) is 1. The Morgan fingerprint density at radius 1 is 1.44 bits per heavy atom. The minimum absolute atomic E-state index is 0.0212. The van der Waals surface area contributed by atoms with Gasteiger partial charge in [-0.15, -0.1) is 0 Å². The van der Waals surface area contributed by atoms with Crippen LogP contribution in [-0.4, -0.2) is 17.8 Å². The third kappa shape index (κ3) is 3.93. The number of hydrogen-bond donors (Lipinski definition) is 1. The Kier molecular flexibility index (Phi) is 4.56. The van der Waals surface area contributed by atoms with Crippen molar-refractivity contribution in [1.29, 1.82) is 5.26 Å². The molecule has 0 aromatic heterocycles. The lowest BCUT2D eigenvalue weighted by Crippen LogP contribution is -2.12. The van der Waals surface area contributed by atoms with Gasteiger partial charge in [0.05, 0.1) is 29.9 Å². The number of alkyl halides is 3. The van der Waals surface area contributed by atoms with Crippen LogP contribution in [-0.2, 0) is 6.18 Å². The van der Waals surface area contributed by atoms with Crippen LogP contribution in [0.3, 0.4) is 0 Å². The molecule has 6 heteroatoms. The Labute approximate surface area is 102 Å². The zero-order valence-electron chi connectivity index (χ0n) is 9.66. The van der Waals surface area contributed by atoms with Gasteiger partial charge in [-0.2, -0.15) is 18.4 Å². The maximum atomic E-state index is 12.7. The standard InChI is InChI=1S/C12H12F3NO2/c1-8(17)4-5-18-11-3-2-9(7-16)6-10(11)12(13,14)15/h2-3,6,8,17H,4-5H2,1H3. The predicted molar refractivity (Wildman–Crippen MR) is 58.0 cm³/mol. The van der Waals surface area contributed by atoms with Crippen molar-refractivity contribution in [3.63, 3.8) is 0 Å². The first-order valence-electron chi connectivity index (χ1n) is 5.27. The van der Waals surface area contributed by atoms with E-state index in [1.165, 1.54) is 13.0 Å². The summed E-state index contributed by atoms with van der Waals surface area (Å²) in [5.41, 5.74) is -1.06. The van der Waals surface area contributed by atoms with E-state index in [1.807, 2.05) is 0 Å². The Morgan fingerprint density at radius 3 is 2.61 bits per heavy atom. The first-order chi connectivity index (χ1) is 8.34. The van der Waals surface area contributed by atoms with E-state index in [9.17, 15) is 13.2 Å². The Bertz CT molecular complexity index is 450. The van der Waals surface area contributed by atoms with Crippen LogP contribution in [0, 0.1) is 11.3 Å². The van der Waals surface area contributed by atoms with Gasteiger partial charge >= 0.3 is 6.18 Å². The molecule has 0 amide bonds. The number of halogens is 3. The SMILES string of the molecule is CC(O)CCOc1ccc(C#N)cc1C(F)(F)F. The third-order valence-electron chi connectivity index (χ3n) is 2.21. The molecule has 18 heavy (non-hydrogen) atoms. The van der Waals surface area contributed by atoms with Crippen molar-refractivity contribution < 1.29 is 23.0 Å². The first-order valence-corrected chi connectivity index (χ1v) is 5.27. The van der Waals surface area contributed by atoms with E-state index in [-0.39, 0.29) is 24.3 Å². The van der Waals surface area contributed by atoms with Gasteiger partial charge < -0.3 is 9.84 Å². The molecule has 0 fully saturated rings. The van der Waals surface area contributed by atoms with E-state index in [0.29, 0.717) is 0 Å². The van der Waals surface area contributed by atoms with Gasteiger partial charge in [0.25, 0.3) is 0 Å². The van der Waals surface area contributed by atoms with Crippen LogP contribution in [0.5, 0.6) is 5.75 Å². The summed E-state index contributed by atoms with van der Waals surface area (Å²) in [5, 5.41) is 17.6. The monoisotopic (exact) mass is 259 g/mol. The van der Waals surface area contributed by atoms with Gasteiger partial charge in [-0.1, -0.05) is 0 Å². The number of nitriles is 1. The fourth-order valence-electron chi connectivity index (χ4n) is 1.29. The molecular weight excluding hydrogens is 247 g/mol. The van der Waals surface area contributed by atoms with Crippen LogP contribution in [0.1, 0.15) is 24.5 Å². The maximum absolute atomic E-state index is 12.7. The topological polar surface area (TPSA) is 53.2 Å². The molecule has 0 bridgehead atoms. The molecule has 98 valence electrons. The lowest BCUT2D eigenvalue weighted by atomic mass is 10.1. The van der Waals surface area contributed by atoms with E-state index in [4.69, 9.17) is 15.1 Å². The number of ether oxygens (including phenoxy) is 1. The second-order valence-corrected chi connectivity index (χ2v) is 3.81. The summed E-state index contributed by atoms with van der Waals surface area (Å²) < 4.78 is 43.1. The first kappa shape index (κ1) is 14.3. The summed E-state index contributed by atoms with van der Waals surface area (Å²) in [6.07, 6.45) is -4.98. The van der Waals surface area contributed by atoms with Gasteiger partial charge in [-0.05, 0) is 25.1 Å². The lowest BCUT2D eigenvalue weighted by molar-refractivity contribution is -0.139. The molecule has 1 unspecified atom stereocenters. The molecule has 0 saturated carbocycles. The van der Waals surface area contributed by atoms with Crippen LogP contribution < -0.4 is 4.74 Å². The minimum atomic E-state index is -4.58. The summed E-state index contributed by atoms with van der Waals surface area (Å²) >= 11 is 0. The van der Waals surface area contributed by atoms with Crippen LogP contribution in [0.25, 0.3) is 0 Å². The molecule has 1 atom stereocenters. The highest BCUT2D eigenvalue weighted by Gasteiger charge is 2.34. The van der Waals surface area contributed by atoms with E-state index in [0.717, 1.165) is 12.1 Å². The van der Waals surface area contributed by atoms with Crippen LogP contribution in [0.15, 0.2) is 18.2 Å². The molecule has 0 aliphatic heterocycles. The van der Waals surface area contributed by atoms with Gasteiger partial charge in [-0.25, -0.2) is 0 Å². The molecule has 3 nitrogen and oxygen atoms in total. The van der Waals surface area contributed by atoms with E-state index in [1.54, 1.807) is 6.07 Å². The molecule has 0 radical (unpaired) electrons. The summed E-state index contributed by atoms with van der Waals surface area (Å²) in [5.74, 6) is -0.331. The van der Waals surface area contributed by atoms with E-state index < -0.39 is 17.8 Å². The minimum Gasteiger partial charge on any atom is -0.493 e. The fraction of sp³-hybridized carbons (Fsp3) is 0.417. The molecule has 0 heterocycles. The van der Waals surface area contributed by atoms with Gasteiger partial charge in [0.1, 0.15) is 5.75 Å². The zero-order chi connectivity index (χ0) is 13.8. The summed E-state index contributed by atoms with van der Waals surface area (Å²) in [4.78, 5) is 0. The normalized spacial score (nSPS) is 12.9. The van der Waals surface area contributed by atoms with Crippen molar-refractivity contribution >= 4 is 0 Å². The quantitative estimate of drug-likeness (QED) is 0.904. The Hall–Kier alpha value is -1.74. The highest BCUT2D eigenvalue weighted by Crippen LogP contribution is 2.36. The van der Waals surface area contributed by atoms with E-state index in [2.05, 4.69) is 0 Å². The fourth-order valence-corrected chi connectivity index (χ4v) is 1.29. The van der Waals surface area contributed by atoms with Crippen molar-refractivity contribution in [3.8, 4) is 11.8 Å². The molecule has 0 spiro atoms. The highest BCUT2D eigenvalue weighted by atomic mass is 19.4. The van der Waals surface area contributed by atoms with Crippen LogP contribution in [0.2, 0.25) is 0 Å². The second-order valence-electron chi connectivity index (χ2n) is 3.81. The van der Waals surface area contributed by atoms with Crippen LogP contribution >= 0.6 is 0 Å². The number of hydrogen-bond acceptors (Lipinski definition) is 3. The van der Waals surface area contributed by atoms with Crippen molar-refractivity contribution in [2.24, 2.45) is 0 Å². The second kappa shape index (κ2) is 5.74. The predicted octanol–water partition coefficient (Wildman–Crippen LogP) is 2.73. The lowest BCUT2D eigenvalue weighted by Gasteiger charge is -2.14. The number of benzene rings is 1. The average molecular weight is 259 g/mol. The molecule has 0 saturated heterocycles. The van der Waals surface area contributed by atoms with Crippen molar-refractivity contribution in [1.82, 2.24) is 0 Å². The molecule has 1 aromatic rings. The van der Waals surface area contributed by atoms with Gasteiger partial charge in [0.15, 0.2) is 0 Å². The Morgan fingerprint density at radius 2 is 2.11 bits per heavy atom. The Balaban J connectivity index is 2.94. The van der Waals surface area contributed by atoms with Crippen molar-refractivity contribution in [2.45, 2.75) is 25.6 Å². The number of aliphatic hydroxyl groups is 1. The van der Waals surface area contributed by atoms with Crippen molar-refractivity contribution in [3.05, 3.63) is 29.3 Å². The smallest absolute Gasteiger partial charge is 0.420 e. The number of rotatable bonds is 4. The average Bonchev–Trinajstić information content (AvgIpc) is 2.27. The van der Waals surface area contributed by atoms with Crippen molar-refractivity contribution in [2.75, 3.05) is 6.61 Å². The van der Waals surface area contributed by atoms with Gasteiger partial charge in [0, 0.05) is 6.42 Å². The van der Waals surface area contributed by atoms with Gasteiger partial charge in [-0.3, -0.25) is 0 Å². The summed E-state index contributed by atoms with van der Waals surface area (Å²) in [7, 11) is 0. The number of aliphatic hydroxyl groups excluding tert-OH is 1. The van der Waals surface area contributed by atoms with E-state index >= 15 is 0 Å². The molecular formula is C12H12F3NO2. The third-order valence-corrected chi connectivity index (χ3v) is 2.21. The van der Waals surface area contributed by atoms with Gasteiger partial charge in [0.2, 0.25) is 0 Å². The maximum Gasteiger partial charge on any atom is 0.420 e. The molecule has 1 rings (SSSR count). The van der Waals surface area contributed by atoms with Crippen LogP contribution in [0.4, 0.5) is 13.2 Å². The largest absolute Gasteiger partial charge is 0.493 e. The summed E-state index contributed by atoms with van der Waals surface area (Å²) in [6, 6.07) is 4.76.